The molecule has 0 aliphatic carbocycles. The van der Waals surface area contributed by atoms with Gasteiger partial charge in [0.1, 0.15) is 6.04 Å². The Balaban J connectivity index is 2.21. The lowest BCUT2D eigenvalue weighted by Crippen LogP contribution is -2.52. The van der Waals surface area contributed by atoms with Crippen LogP contribution in [0.2, 0.25) is 5.02 Å². The molecule has 35 heavy (non-hydrogen) atoms. The Morgan fingerprint density at radius 2 is 1.66 bits per heavy atom. The minimum atomic E-state index is -3.54. The number of sulfonamides is 1. The fourth-order valence-electron chi connectivity index (χ4n) is 3.69. The van der Waals surface area contributed by atoms with Crippen LogP contribution in [-0.2, 0) is 26.2 Å². The number of aryl methyl sites for hydroxylation is 1. The Hall–Kier alpha value is -2.58. The zero-order valence-electron chi connectivity index (χ0n) is 21.3. The Morgan fingerprint density at radius 3 is 2.23 bits per heavy atom. The van der Waals surface area contributed by atoms with Gasteiger partial charge in [-0.2, -0.15) is 0 Å². The highest BCUT2D eigenvalue weighted by molar-refractivity contribution is 7.92. The highest BCUT2D eigenvalue weighted by atomic mass is 35.5. The first kappa shape index (κ1) is 28.7. The summed E-state index contributed by atoms with van der Waals surface area (Å²) in [5.41, 5.74) is 1.70. The van der Waals surface area contributed by atoms with E-state index < -0.39 is 21.6 Å². The van der Waals surface area contributed by atoms with Crippen LogP contribution in [0.15, 0.2) is 48.5 Å². The highest BCUT2D eigenvalue weighted by Gasteiger charge is 2.29. The summed E-state index contributed by atoms with van der Waals surface area (Å²) in [7, 11) is -3.54. The number of halogens is 1. The quantitative estimate of drug-likeness (QED) is 0.497. The van der Waals surface area contributed by atoms with Crippen LogP contribution in [-0.4, -0.2) is 49.5 Å². The van der Waals surface area contributed by atoms with Crippen LogP contribution in [0.5, 0.6) is 0 Å². The first-order valence-corrected chi connectivity index (χ1v) is 13.8. The maximum absolute atomic E-state index is 13.3. The SMILES string of the molecule is Cc1ccccc1N(CCCC(=O)N(Cc1ccccc1Cl)C(C)C(=O)NC(C)(C)C)S(C)(=O)=O. The van der Waals surface area contributed by atoms with Crippen LogP contribution < -0.4 is 9.62 Å². The van der Waals surface area contributed by atoms with Gasteiger partial charge in [0.05, 0.1) is 11.9 Å². The third-order valence-corrected chi connectivity index (χ3v) is 7.05. The monoisotopic (exact) mass is 521 g/mol. The van der Waals surface area contributed by atoms with E-state index in [1.807, 2.05) is 52.0 Å². The van der Waals surface area contributed by atoms with Gasteiger partial charge >= 0.3 is 0 Å². The summed E-state index contributed by atoms with van der Waals surface area (Å²) in [5.74, 6) is -0.518. The molecule has 0 aliphatic heterocycles. The number of amides is 2. The lowest BCUT2D eigenvalue weighted by Gasteiger charge is -2.32. The number of benzene rings is 2. The second-order valence-electron chi connectivity index (χ2n) is 9.75. The lowest BCUT2D eigenvalue weighted by atomic mass is 10.1. The van der Waals surface area contributed by atoms with Crippen molar-refractivity contribution in [2.24, 2.45) is 0 Å². The zero-order valence-corrected chi connectivity index (χ0v) is 22.9. The molecule has 1 atom stereocenters. The maximum Gasteiger partial charge on any atom is 0.242 e. The van der Waals surface area contributed by atoms with E-state index in [1.165, 1.54) is 9.21 Å². The number of para-hydroxylation sites is 1. The van der Waals surface area contributed by atoms with Crippen LogP contribution >= 0.6 is 11.6 Å². The van der Waals surface area contributed by atoms with Crippen molar-refractivity contribution < 1.29 is 18.0 Å². The number of hydrogen-bond acceptors (Lipinski definition) is 4. The predicted octanol–water partition coefficient (Wildman–Crippen LogP) is 4.53. The highest BCUT2D eigenvalue weighted by Crippen LogP contribution is 2.23. The Labute approximate surface area is 214 Å². The molecule has 192 valence electrons. The van der Waals surface area contributed by atoms with E-state index in [4.69, 9.17) is 11.6 Å². The number of hydrogen-bond donors (Lipinski definition) is 1. The van der Waals surface area contributed by atoms with E-state index >= 15 is 0 Å². The normalized spacial score (nSPS) is 12.7. The van der Waals surface area contributed by atoms with Crippen molar-refractivity contribution in [2.45, 2.75) is 65.6 Å². The van der Waals surface area contributed by atoms with E-state index in [9.17, 15) is 18.0 Å². The summed E-state index contributed by atoms with van der Waals surface area (Å²) in [4.78, 5) is 27.7. The van der Waals surface area contributed by atoms with E-state index in [0.29, 0.717) is 17.1 Å². The Morgan fingerprint density at radius 1 is 1.06 bits per heavy atom. The molecule has 2 rings (SSSR count). The van der Waals surface area contributed by atoms with Crippen LogP contribution in [0.25, 0.3) is 0 Å². The van der Waals surface area contributed by atoms with E-state index in [0.717, 1.165) is 17.4 Å². The molecular weight excluding hydrogens is 486 g/mol. The van der Waals surface area contributed by atoms with Crippen LogP contribution in [0.1, 0.15) is 51.7 Å². The van der Waals surface area contributed by atoms with Gasteiger partial charge in [0, 0.05) is 30.1 Å². The summed E-state index contributed by atoms with van der Waals surface area (Å²) in [6, 6.07) is 13.7. The van der Waals surface area contributed by atoms with Gasteiger partial charge in [0.15, 0.2) is 0 Å². The standard InChI is InChI=1S/C26H36ClN3O4S/c1-19-12-7-10-15-23(19)30(35(6,33)34)17-11-16-24(31)29(18-21-13-8-9-14-22(21)27)20(2)25(32)28-26(3,4)5/h7-10,12-15,20H,11,16-18H2,1-6H3,(H,28,32). The van der Waals surface area contributed by atoms with Gasteiger partial charge in [0.2, 0.25) is 21.8 Å². The van der Waals surface area contributed by atoms with Crippen molar-refractivity contribution >= 4 is 39.1 Å². The molecule has 0 fully saturated rings. The third kappa shape index (κ3) is 8.54. The summed E-state index contributed by atoms with van der Waals surface area (Å²) < 4.78 is 26.3. The van der Waals surface area contributed by atoms with Gasteiger partial charge < -0.3 is 10.2 Å². The average molecular weight is 522 g/mol. The smallest absolute Gasteiger partial charge is 0.242 e. The topological polar surface area (TPSA) is 86.8 Å². The molecule has 7 nitrogen and oxygen atoms in total. The number of nitrogens with zero attached hydrogens (tertiary/aromatic N) is 2. The molecule has 0 saturated carbocycles. The molecule has 1 N–H and O–H groups in total. The van der Waals surface area contributed by atoms with Gasteiger partial charge in [-0.1, -0.05) is 48.0 Å². The molecule has 0 heterocycles. The largest absolute Gasteiger partial charge is 0.350 e. The van der Waals surface area contributed by atoms with Gasteiger partial charge in [-0.05, 0) is 64.3 Å². The van der Waals surface area contributed by atoms with Gasteiger partial charge in [-0.25, -0.2) is 8.42 Å². The number of carbonyl (C=O) groups excluding carboxylic acids is 2. The minimum Gasteiger partial charge on any atom is -0.350 e. The van der Waals surface area contributed by atoms with Crippen LogP contribution in [0, 0.1) is 6.92 Å². The molecule has 0 aromatic heterocycles. The van der Waals surface area contributed by atoms with Crippen molar-refractivity contribution in [2.75, 3.05) is 17.1 Å². The molecule has 2 aromatic carbocycles. The third-order valence-electron chi connectivity index (χ3n) is 5.50. The molecule has 2 aromatic rings. The summed E-state index contributed by atoms with van der Waals surface area (Å²) >= 11 is 6.33. The van der Waals surface area contributed by atoms with Gasteiger partial charge in [-0.15, -0.1) is 0 Å². The Kier molecular flexibility index (Phi) is 9.75. The molecule has 0 spiro atoms. The predicted molar refractivity (Wildman–Crippen MR) is 142 cm³/mol. The number of anilines is 1. The van der Waals surface area contributed by atoms with Crippen molar-refractivity contribution in [1.82, 2.24) is 10.2 Å². The molecule has 0 aliphatic rings. The second kappa shape index (κ2) is 11.9. The second-order valence-corrected chi connectivity index (χ2v) is 12.1. The van der Waals surface area contributed by atoms with Gasteiger partial charge in [-0.3, -0.25) is 13.9 Å². The number of nitrogens with one attached hydrogen (secondary N) is 1. The summed E-state index contributed by atoms with van der Waals surface area (Å²) in [5, 5.41) is 3.43. The Bertz CT molecular complexity index is 1150. The van der Waals surface area contributed by atoms with Crippen LogP contribution in [0.3, 0.4) is 0 Å². The fraction of sp³-hybridized carbons (Fsp3) is 0.462. The van der Waals surface area contributed by atoms with Crippen molar-refractivity contribution in [3.05, 3.63) is 64.7 Å². The van der Waals surface area contributed by atoms with E-state index in [2.05, 4.69) is 5.32 Å². The summed E-state index contributed by atoms with van der Waals surface area (Å²) in [6.45, 7) is 9.49. The molecular formula is C26H36ClN3O4S. The van der Waals surface area contributed by atoms with E-state index in [1.54, 1.807) is 31.2 Å². The van der Waals surface area contributed by atoms with Crippen LogP contribution in [0.4, 0.5) is 5.69 Å². The molecule has 0 radical (unpaired) electrons. The lowest BCUT2D eigenvalue weighted by molar-refractivity contribution is -0.141. The van der Waals surface area contributed by atoms with Crippen molar-refractivity contribution in [3.8, 4) is 0 Å². The molecule has 0 bridgehead atoms. The summed E-state index contributed by atoms with van der Waals surface area (Å²) in [6.07, 6.45) is 1.53. The first-order valence-electron chi connectivity index (χ1n) is 11.6. The average Bonchev–Trinajstić information content (AvgIpc) is 2.74. The van der Waals surface area contributed by atoms with E-state index in [-0.39, 0.29) is 31.3 Å². The number of rotatable bonds is 10. The van der Waals surface area contributed by atoms with Gasteiger partial charge in [0.25, 0.3) is 0 Å². The molecule has 0 saturated heterocycles. The maximum atomic E-state index is 13.3. The molecule has 9 heteroatoms. The van der Waals surface area contributed by atoms with Crippen molar-refractivity contribution in [1.29, 1.82) is 0 Å². The number of carbonyl (C=O) groups is 2. The molecule has 1 unspecified atom stereocenters. The first-order chi connectivity index (χ1) is 16.2. The fourth-order valence-corrected chi connectivity index (χ4v) is 4.91. The zero-order chi connectivity index (χ0) is 26.4. The molecule has 2 amide bonds. The minimum absolute atomic E-state index is 0.0789. The van der Waals surface area contributed by atoms with Crippen molar-refractivity contribution in [3.63, 3.8) is 0 Å².